The van der Waals surface area contributed by atoms with Crippen LogP contribution in [0.25, 0.3) is 0 Å². The van der Waals surface area contributed by atoms with Crippen molar-refractivity contribution in [3.63, 3.8) is 0 Å². The molecule has 0 spiro atoms. The highest BCUT2D eigenvalue weighted by Crippen LogP contribution is 2.27. The van der Waals surface area contributed by atoms with Crippen LogP contribution in [0, 0.1) is 11.8 Å². The van der Waals surface area contributed by atoms with Crippen LogP contribution in [0.1, 0.15) is 77.8 Å². The molecule has 26 heavy (non-hydrogen) atoms. The van der Waals surface area contributed by atoms with Crippen LogP contribution in [0.5, 0.6) is 0 Å². The average molecular weight is 348 g/mol. The third kappa shape index (κ3) is 4.49. The van der Waals surface area contributed by atoms with E-state index in [4.69, 9.17) is 0 Å². The summed E-state index contributed by atoms with van der Waals surface area (Å²) in [6, 6.07) is 15.9. The van der Waals surface area contributed by atoms with Crippen molar-refractivity contribution in [3.8, 4) is 0 Å². The summed E-state index contributed by atoms with van der Waals surface area (Å²) >= 11 is 0. The Hall–Kier alpha value is -2.22. The molecule has 0 radical (unpaired) electrons. The fourth-order valence-electron chi connectivity index (χ4n) is 3.74. The summed E-state index contributed by atoms with van der Waals surface area (Å²) in [6.07, 6.45) is 6.54. The van der Waals surface area contributed by atoms with Gasteiger partial charge >= 0.3 is 0 Å². The Morgan fingerprint density at radius 2 is 1.31 bits per heavy atom. The van der Waals surface area contributed by atoms with Crippen LogP contribution in [-0.4, -0.2) is 11.6 Å². The number of benzene rings is 2. The quantitative estimate of drug-likeness (QED) is 0.611. The molecule has 0 amide bonds. The molecular weight excluding hydrogens is 320 g/mol. The minimum atomic E-state index is 0.0232. The van der Waals surface area contributed by atoms with Gasteiger partial charge in [0.15, 0.2) is 11.6 Å². The standard InChI is InChI=1S/C24H28O2/c1-17(2)23(25)21-12-8-18(9-13-21)16-19-10-14-22(15-11-19)24(26)20-6-4-3-5-7-20/h8-15,17,20H,3-7,16H2,1-2H3. The Balaban J connectivity index is 1.63. The van der Waals surface area contributed by atoms with Crippen LogP contribution < -0.4 is 0 Å². The SMILES string of the molecule is CC(C)C(=O)c1ccc(Cc2ccc(C(=O)C3CCCCC3)cc2)cc1. The monoisotopic (exact) mass is 348 g/mol. The van der Waals surface area contributed by atoms with E-state index in [1.54, 1.807) is 0 Å². The van der Waals surface area contributed by atoms with Crippen molar-refractivity contribution in [2.45, 2.75) is 52.4 Å². The Morgan fingerprint density at radius 1 is 0.808 bits per heavy atom. The van der Waals surface area contributed by atoms with Crippen molar-refractivity contribution in [1.29, 1.82) is 0 Å². The maximum atomic E-state index is 12.6. The third-order valence-electron chi connectivity index (χ3n) is 5.39. The van der Waals surface area contributed by atoms with Crippen molar-refractivity contribution in [3.05, 3.63) is 70.8 Å². The van der Waals surface area contributed by atoms with E-state index in [-0.39, 0.29) is 17.6 Å². The molecule has 2 nitrogen and oxygen atoms in total. The lowest BCUT2D eigenvalue weighted by Gasteiger charge is -2.20. The van der Waals surface area contributed by atoms with Crippen molar-refractivity contribution >= 4 is 11.6 Å². The largest absolute Gasteiger partial charge is 0.294 e. The maximum Gasteiger partial charge on any atom is 0.165 e. The van der Waals surface area contributed by atoms with Crippen molar-refractivity contribution < 1.29 is 9.59 Å². The van der Waals surface area contributed by atoms with Gasteiger partial charge in [-0.3, -0.25) is 9.59 Å². The lowest BCUT2D eigenvalue weighted by atomic mass is 9.83. The van der Waals surface area contributed by atoms with E-state index >= 15 is 0 Å². The van der Waals surface area contributed by atoms with Gasteiger partial charge in [-0.1, -0.05) is 81.6 Å². The molecule has 1 aliphatic rings. The Morgan fingerprint density at radius 3 is 1.81 bits per heavy atom. The summed E-state index contributed by atoms with van der Waals surface area (Å²) in [4.78, 5) is 24.6. The van der Waals surface area contributed by atoms with Gasteiger partial charge in [-0.25, -0.2) is 0 Å². The molecule has 2 heteroatoms. The molecule has 1 aliphatic carbocycles. The summed E-state index contributed by atoms with van der Waals surface area (Å²) in [5.74, 6) is 0.741. The molecule has 0 unspecified atom stereocenters. The van der Waals surface area contributed by atoms with E-state index in [2.05, 4.69) is 12.1 Å². The second-order valence-electron chi connectivity index (χ2n) is 7.79. The van der Waals surface area contributed by atoms with Gasteiger partial charge in [-0.05, 0) is 30.4 Å². The molecule has 0 bridgehead atoms. The molecule has 0 N–H and O–H groups in total. The molecule has 2 aromatic rings. The van der Waals surface area contributed by atoms with E-state index in [0.717, 1.165) is 30.4 Å². The number of hydrogen-bond acceptors (Lipinski definition) is 2. The lowest BCUT2D eigenvalue weighted by molar-refractivity contribution is 0.0888. The molecular formula is C24H28O2. The molecule has 2 aromatic carbocycles. The summed E-state index contributed by atoms with van der Waals surface area (Å²) in [7, 11) is 0. The number of hydrogen-bond donors (Lipinski definition) is 0. The molecule has 1 saturated carbocycles. The topological polar surface area (TPSA) is 34.1 Å². The molecule has 136 valence electrons. The van der Waals surface area contributed by atoms with Gasteiger partial charge in [0.05, 0.1) is 0 Å². The fourth-order valence-corrected chi connectivity index (χ4v) is 3.74. The first kappa shape index (κ1) is 18.6. The minimum Gasteiger partial charge on any atom is -0.294 e. The van der Waals surface area contributed by atoms with Gasteiger partial charge in [0.1, 0.15) is 0 Å². The first-order chi connectivity index (χ1) is 12.5. The lowest BCUT2D eigenvalue weighted by Crippen LogP contribution is -2.17. The molecule has 3 rings (SSSR count). The first-order valence-corrected chi connectivity index (χ1v) is 9.81. The van der Waals surface area contributed by atoms with Crippen LogP contribution >= 0.6 is 0 Å². The Kier molecular flexibility index (Phi) is 6.03. The number of carbonyl (C=O) groups excluding carboxylic acids is 2. The number of Topliss-reactive ketones (excluding diaryl/α,β-unsaturated/α-hetero) is 2. The van der Waals surface area contributed by atoms with Crippen molar-refractivity contribution in [2.24, 2.45) is 11.8 Å². The molecule has 1 fully saturated rings. The zero-order valence-corrected chi connectivity index (χ0v) is 15.8. The summed E-state index contributed by atoms with van der Waals surface area (Å²) in [5.41, 5.74) is 3.99. The van der Waals surface area contributed by atoms with Crippen LogP contribution in [0.2, 0.25) is 0 Å². The maximum absolute atomic E-state index is 12.6. The van der Waals surface area contributed by atoms with Gasteiger partial charge in [0.2, 0.25) is 0 Å². The van der Waals surface area contributed by atoms with E-state index in [9.17, 15) is 9.59 Å². The van der Waals surface area contributed by atoms with Gasteiger partial charge in [0.25, 0.3) is 0 Å². The number of rotatable bonds is 6. The zero-order chi connectivity index (χ0) is 18.5. The highest BCUT2D eigenvalue weighted by Gasteiger charge is 2.22. The highest BCUT2D eigenvalue weighted by atomic mass is 16.1. The molecule has 0 heterocycles. The molecule has 0 aliphatic heterocycles. The Bertz CT molecular complexity index is 748. The van der Waals surface area contributed by atoms with Crippen molar-refractivity contribution in [1.82, 2.24) is 0 Å². The first-order valence-electron chi connectivity index (χ1n) is 9.81. The molecule has 0 atom stereocenters. The Labute approximate surface area is 156 Å². The summed E-state index contributed by atoms with van der Waals surface area (Å²) in [5, 5.41) is 0. The third-order valence-corrected chi connectivity index (χ3v) is 5.39. The molecule has 0 saturated heterocycles. The number of carbonyl (C=O) groups is 2. The van der Waals surface area contributed by atoms with Gasteiger partial charge in [0, 0.05) is 23.0 Å². The van der Waals surface area contributed by atoms with E-state index in [1.807, 2.05) is 50.2 Å². The second kappa shape index (κ2) is 8.44. The van der Waals surface area contributed by atoms with E-state index in [1.165, 1.54) is 30.4 Å². The highest BCUT2D eigenvalue weighted by molar-refractivity contribution is 5.98. The normalized spacial score (nSPS) is 15.2. The predicted molar refractivity (Wildman–Crippen MR) is 106 cm³/mol. The molecule has 0 aromatic heterocycles. The van der Waals surface area contributed by atoms with Gasteiger partial charge in [-0.15, -0.1) is 0 Å². The summed E-state index contributed by atoms with van der Waals surface area (Å²) in [6.45, 7) is 3.85. The van der Waals surface area contributed by atoms with Crippen LogP contribution in [0.15, 0.2) is 48.5 Å². The predicted octanol–water partition coefficient (Wildman–Crippen LogP) is 5.88. The average Bonchev–Trinajstić information content (AvgIpc) is 2.68. The smallest absolute Gasteiger partial charge is 0.165 e. The van der Waals surface area contributed by atoms with Crippen LogP contribution in [0.3, 0.4) is 0 Å². The summed E-state index contributed by atoms with van der Waals surface area (Å²) < 4.78 is 0. The zero-order valence-electron chi connectivity index (χ0n) is 15.8. The van der Waals surface area contributed by atoms with Gasteiger partial charge < -0.3 is 0 Å². The van der Waals surface area contributed by atoms with E-state index < -0.39 is 0 Å². The van der Waals surface area contributed by atoms with Crippen LogP contribution in [-0.2, 0) is 6.42 Å². The van der Waals surface area contributed by atoms with Crippen LogP contribution in [0.4, 0.5) is 0 Å². The number of ketones is 2. The fraction of sp³-hybridized carbons (Fsp3) is 0.417. The van der Waals surface area contributed by atoms with Gasteiger partial charge in [-0.2, -0.15) is 0 Å². The second-order valence-corrected chi connectivity index (χ2v) is 7.79. The minimum absolute atomic E-state index is 0.0232. The van der Waals surface area contributed by atoms with Crippen molar-refractivity contribution in [2.75, 3.05) is 0 Å². The van der Waals surface area contributed by atoms with E-state index in [0.29, 0.717) is 5.78 Å².